The molecule has 0 bridgehead atoms. The number of aliphatic imine (C=N–C) groups is 1. The molecule has 28 heavy (non-hydrogen) atoms. The van der Waals surface area contributed by atoms with Crippen molar-refractivity contribution >= 4 is 32.6 Å². The molecule has 3 aromatic rings. The zero-order chi connectivity index (χ0) is 20.2. The lowest BCUT2D eigenvalue weighted by Crippen LogP contribution is -2.54. The minimum Gasteiger partial charge on any atom is -0.444 e. The molecular formula is C20H22N4O2S2. The number of aromatic nitrogens is 2. The largest absolute Gasteiger partial charge is 0.444 e. The van der Waals surface area contributed by atoms with E-state index >= 15 is 0 Å². The van der Waals surface area contributed by atoms with Crippen LogP contribution >= 0.6 is 11.3 Å². The molecule has 1 aliphatic heterocycles. The van der Waals surface area contributed by atoms with Gasteiger partial charge in [0.05, 0.1) is 16.5 Å². The maximum atomic E-state index is 13.2. The molecule has 2 N–H and O–H groups in total. The second kappa shape index (κ2) is 6.28. The SMILES string of the molecule is C=S1(=O)C[C@@](C)(c2cc(-c3cncc(-c4ncco4)c3)cs2)N=C(N)C1(C)C. The van der Waals surface area contributed by atoms with Crippen LogP contribution in [-0.2, 0) is 15.1 Å². The van der Waals surface area contributed by atoms with Gasteiger partial charge in [-0.15, -0.1) is 11.3 Å². The van der Waals surface area contributed by atoms with E-state index in [1.807, 2.05) is 32.2 Å². The minimum absolute atomic E-state index is 0.363. The van der Waals surface area contributed by atoms with Gasteiger partial charge in [0, 0.05) is 28.6 Å². The summed E-state index contributed by atoms with van der Waals surface area (Å²) in [4.78, 5) is 14.2. The first-order chi connectivity index (χ1) is 13.1. The Balaban J connectivity index is 1.73. The van der Waals surface area contributed by atoms with Crippen molar-refractivity contribution in [3.8, 4) is 22.6 Å². The maximum Gasteiger partial charge on any atom is 0.227 e. The van der Waals surface area contributed by atoms with Crippen molar-refractivity contribution in [2.24, 2.45) is 10.7 Å². The Morgan fingerprint density at radius 3 is 2.64 bits per heavy atom. The number of hydrogen-bond acceptors (Lipinski definition) is 7. The molecule has 146 valence electrons. The summed E-state index contributed by atoms with van der Waals surface area (Å²) in [7, 11) is -2.44. The number of nitrogens with zero attached hydrogens (tertiary/aromatic N) is 3. The van der Waals surface area contributed by atoms with Gasteiger partial charge in [-0.1, -0.05) is 0 Å². The summed E-state index contributed by atoms with van der Waals surface area (Å²) >= 11 is 1.57. The van der Waals surface area contributed by atoms with Crippen molar-refractivity contribution in [1.82, 2.24) is 9.97 Å². The second-order valence-corrected chi connectivity index (χ2v) is 11.6. The molecule has 0 saturated carbocycles. The summed E-state index contributed by atoms with van der Waals surface area (Å²) in [6, 6.07) is 4.05. The third-order valence-corrected chi connectivity index (χ3v) is 9.59. The lowest BCUT2D eigenvalue weighted by atomic mass is 10.00. The molecule has 4 heterocycles. The third-order valence-electron chi connectivity index (χ3n) is 5.31. The Kier molecular flexibility index (Phi) is 4.24. The number of nitrogens with two attached hydrogens (primary N) is 1. The predicted molar refractivity (Wildman–Crippen MR) is 116 cm³/mol. The molecule has 0 aliphatic carbocycles. The van der Waals surface area contributed by atoms with Gasteiger partial charge in [-0.25, -0.2) is 4.98 Å². The maximum absolute atomic E-state index is 13.2. The van der Waals surface area contributed by atoms with Crippen LogP contribution in [0.2, 0.25) is 0 Å². The molecule has 1 aliphatic rings. The van der Waals surface area contributed by atoms with Crippen LogP contribution in [0.3, 0.4) is 0 Å². The Labute approximate surface area is 168 Å². The van der Waals surface area contributed by atoms with Gasteiger partial charge >= 0.3 is 0 Å². The fraction of sp³-hybridized carbons (Fsp3) is 0.300. The molecule has 0 aromatic carbocycles. The van der Waals surface area contributed by atoms with Gasteiger partial charge in [-0.05, 0) is 59.2 Å². The Morgan fingerprint density at radius 2 is 1.96 bits per heavy atom. The number of thiophene rings is 1. The lowest BCUT2D eigenvalue weighted by Gasteiger charge is -2.40. The standard InChI is InChI=1S/C20H22N4O2S2/c1-19(2)18(21)24-20(3,12-28(19,4)25)16-8-15(11-27-16)13-7-14(10-22-9-13)17-23-5-6-26-17/h5-11H,4,12H2,1-3H3,(H2,21,24)/t20-,28?/m0/s1. The van der Waals surface area contributed by atoms with Crippen molar-refractivity contribution < 1.29 is 8.63 Å². The quantitative estimate of drug-likeness (QED) is 0.662. The van der Waals surface area contributed by atoms with Crippen LogP contribution in [0.15, 0.2) is 51.8 Å². The fourth-order valence-corrected chi connectivity index (χ4v) is 6.27. The molecule has 2 atom stereocenters. The predicted octanol–water partition coefficient (Wildman–Crippen LogP) is 3.55. The van der Waals surface area contributed by atoms with Crippen LogP contribution in [0.5, 0.6) is 0 Å². The Hall–Kier alpha value is -2.45. The normalized spacial score (nSPS) is 26.8. The Bertz CT molecular complexity index is 1160. The number of pyridine rings is 1. The monoisotopic (exact) mass is 414 g/mol. The lowest BCUT2D eigenvalue weighted by molar-refractivity contribution is 0.543. The molecule has 0 spiro atoms. The van der Waals surface area contributed by atoms with E-state index in [0.717, 1.165) is 21.6 Å². The van der Waals surface area contributed by atoms with Crippen LogP contribution in [0.1, 0.15) is 25.6 Å². The molecule has 3 aromatic heterocycles. The zero-order valence-electron chi connectivity index (χ0n) is 16.0. The van der Waals surface area contributed by atoms with Gasteiger partial charge in [-0.2, -0.15) is 0 Å². The molecule has 8 heteroatoms. The topological polar surface area (TPSA) is 94.4 Å². The van der Waals surface area contributed by atoms with Gasteiger partial charge < -0.3 is 10.2 Å². The van der Waals surface area contributed by atoms with Crippen molar-refractivity contribution in [1.29, 1.82) is 0 Å². The minimum atomic E-state index is -2.44. The second-order valence-electron chi connectivity index (χ2n) is 7.74. The summed E-state index contributed by atoms with van der Waals surface area (Å²) in [5.74, 6) is 5.29. The smallest absolute Gasteiger partial charge is 0.227 e. The molecule has 0 amide bonds. The zero-order valence-corrected chi connectivity index (χ0v) is 17.6. The fourth-order valence-electron chi connectivity index (χ4n) is 3.23. The molecule has 6 nitrogen and oxygen atoms in total. The average Bonchev–Trinajstić information content (AvgIpc) is 3.32. The van der Waals surface area contributed by atoms with Crippen LogP contribution in [0.25, 0.3) is 22.6 Å². The third kappa shape index (κ3) is 2.97. The first-order valence-corrected chi connectivity index (χ1v) is 11.5. The van der Waals surface area contributed by atoms with Gasteiger partial charge in [0.25, 0.3) is 0 Å². The van der Waals surface area contributed by atoms with Gasteiger partial charge in [0.15, 0.2) is 0 Å². The molecule has 0 fully saturated rings. The van der Waals surface area contributed by atoms with E-state index in [1.165, 1.54) is 6.26 Å². The van der Waals surface area contributed by atoms with E-state index in [2.05, 4.69) is 21.9 Å². The number of hydrogen-bond donors (Lipinski definition) is 1. The van der Waals surface area contributed by atoms with Crippen molar-refractivity contribution in [2.75, 3.05) is 5.75 Å². The van der Waals surface area contributed by atoms with E-state index in [9.17, 15) is 4.21 Å². The summed E-state index contributed by atoms with van der Waals surface area (Å²) in [6.45, 7) is 5.66. The van der Waals surface area contributed by atoms with Crippen molar-refractivity contribution in [3.63, 3.8) is 0 Å². The molecule has 0 saturated heterocycles. The highest BCUT2D eigenvalue weighted by Crippen LogP contribution is 2.41. The highest BCUT2D eigenvalue weighted by atomic mass is 32.2. The summed E-state index contributed by atoms with van der Waals surface area (Å²) < 4.78 is 17.9. The van der Waals surface area contributed by atoms with E-state index in [1.54, 1.807) is 29.9 Å². The van der Waals surface area contributed by atoms with Crippen LogP contribution in [0.4, 0.5) is 0 Å². The molecular weight excluding hydrogens is 392 g/mol. The molecule has 0 radical (unpaired) electrons. The van der Waals surface area contributed by atoms with Gasteiger partial charge in [-0.3, -0.25) is 14.2 Å². The van der Waals surface area contributed by atoms with E-state index in [4.69, 9.17) is 15.1 Å². The summed E-state index contributed by atoms with van der Waals surface area (Å²) in [5.41, 5.74) is 8.31. The average molecular weight is 415 g/mol. The molecule has 1 unspecified atom stereocenters. The summed E-state index contributed by atoms with van der Waals surface area (Å²) in [6.07, 6.45) is 6.66. The first kappa shape index (κ1) is 18.9. The number of oxazole rings is 1. The number of amidine groups is 1. The highest BCUT2D eigenvalue weighted by molar-refractivity contribution is 8.02. The van der Waals surface area contributed by atoms with Gasteiger partial charge in [0.2, 0.25) is 5.89 Å². The van der Waals surface area contributed by atoms with E-state index in [0.29, 0.717) is 17.5 Å². The first-order valence-electron chi connectivity index (χ1n) is 8.77. The highest BCUT2D eigenvalue weighted by Gasteiger charge is 2.45. The molecule has 4 rings (SSSR count). The number of rotatable bonds is 3. The van der Waals surface area contributed by atoms with E-state index < -0.39 is 19.8 Å². The van der Waals surface area contributed by atoms with Crippen molar-refractivity contribution in [2.45, 2.75) is 31.1 Å². The van der Waals surface area contributed by atoms with Gasteiger partial charge in [0.1, 0.15) is 17.6 Å². The summed E-state index contributed by atoms with van der Waals surface area (Å²) in [5, 5.41) is 2.05. The van der Waals surface area contributed by atoms with Crippen LogP contribution < -0.4 is 5.73 Å². The van der Waals surface area contributed by atoms with Crippen molar-refractivity contribution in [3.05, 3.63) is 47.2 Å². The van der Waals surface area contributed by atoms with Crippen LogP contribution in [0, 0.1) is 0 Å². The van der Waals surface area contributed by atoms with E-state index in [-0.39, 0.29) is 0 Å². The Morgan fingerprint density at radius 1 is 1.21 bits per heavy atom. The van der Waals surface area contributed by atoms with Crippen LogP contribution in [-0.4, -0.2) is 36.4 Å².